The Morgan fingerprint density at radius 1 is 1.00 bits per heavy atom. The molecule has 23 heavy (non-hydrogen) atoms. The average molecular weight is 394 g/mol. The predicted molar refractivity (Wildman–Crippen MR) is 105 cm³/mol. The van der Waals surface area contributed by atoms with Crippen molar-refractivity contribution in [3.8, 4) is 0 Å². The summed E-state index contributed by atoms with van der Waals surface area (Å²) >= 11 is 14.5. The van der Waals surface area contributed by atoms with Crippen molar-refractivity contribution in [3.05, 3.63) is 11.0 Å². The zero-order valence-corrected chi connectivity index (χ0v) is 18.7. The van der Waals surface area contributed by atoms with Crippen LogP contribution in [0, 0.1) is 11.8 Å². The van der Waals surface area contributed by atoms with Gasteiger partial charge in [-0.1, -0.05) is 0 Å². The average Bonchev–Trinajstić information content (AvgIpc) is 2.90. The number of hydrogen-bond acceptors (Lipinski definition) is 3. The van der Waals surface area contributed by atoms with E-state index in [-0.39, 0.29) is 11.1 Å². The molecule has 0 aromatic rings. The number of hydrogen-bond donors (Lipinski definition) is 1. The molecule has 0 aromatic carbocycles. The van der Waals surface area contributed by atoms with E-state index in [2.05, 4.69) is 55.9 Å². The van der Waals surface area contributed by atoms with E-state index in [9.17, 15) is 0 Å². The zero-order valence-electron chi connectivity index (χ0n) is 15.2. The molecule has 4 aliphatic rings. The Morgan fingerprint density at radius 3 is 2.04 bits per heavy atom. The standard InChI is InChI=1S/C16H30Cl2N3PSi/c1-15(2,3)20-10-21(16(4,5)6)22(20)14-12-8-7-11(9-12)13(14)19-23(22,17)18/h11-12,19,23H,7-10H2,1-6H3/t11-,12+/m1/s1. The van der Waals surface area contributed by atoms with E-state index in [1.54, 1.807) is 5.31 Å². The fourth-order valence-corrected chi connectivity index (χ4v) is 25.9. The van der Waals surface area contributed by atoms with E-state index in [0.29, 0.717) is 5.92 Å². The molecule has 0 amide bonds. The molecule has 0 radical (unpaired) electrons. The van der Waals surface area contributed by atoms with Crippen molar-refractivity contribution in [1.29, 1.82) is 0 Å². The maximum absolute atomic E-state index is 7.23. The number of fused-ring (bicyclic) bond motifs is 5. The summed E-state index contributed by atoms with van der Waals surface area (Å²) in [4.78, 5) is 3.76. The molecular weight excluding hydrogens is 364 g/mol. The van der Waals surface area contributed by atoms with Crippen LogP contribution in [0.25, 0.3) is 0 Å². The third-order valence-electron chi connectivity index (χ3n) is 6.19. The van der Waals surface area contributed by atoms with Gasteiger partial charge in [0.1, 0.15) is 0 Å². The molecule has 2 aliphatic carbocycles. The SMILES string of the molecule is CC(C)(C)N1CN(C(C)(C)C)[P+]12C1=C(N[SiH-]2(Cl)Cl)[C@@H]2CC[C@H]1C2. The van der Waals surface area contributed by atoms with Crippen LogP contribution in [-0.2, 0) is 0 Å². The summed E-state index contributed by atoms with van der Waals surface area (Å²) in [5, 5.41) is 1.68. The van der Waals surface area contributed by atoms with E-state index in [0.717, 1.165) is 12.6 Å². The van der Waals surface area contributed by atoms with Crippen molar-refractivity contribution >= 4 is 35.8 Å². The van der Waals surface area contributed by atoms with Crippen LogP contribution < -0.4 is 4.98 Å². The Kier molecular flexibility index (Phi) is 3.49. The third kappa shape index (κ3) is 2.00. The fraction of sp³-hybridized carbons (Fsp3) is 0.875. The predicted octanol–water partition coefficient (Wildman–Crippen LogP) is 4.90. The molecule has 3 nitrogen and oxygen atoms in total. The van der Waals surface area contributed by atoms with Gasteiger partial charge in [-0.15, -0.1) is 0 Å². The minimum atomic E-state index is -2.96. The van der Waals surface area contributed by atoms with Gasteiger partial charge in [-0.2, -0.15) is 0 Å². The number of rotatable bonds is 0. The van der Waals surface area contributed by atoms with E-state index in [1.807, 2.05) is 0 Å². The van der Waals surface area contributed by atoms with Crippen LogP contribution in [0.15, 0.2) is 11.0 Å². The zero-order chi connectivity index (χ0) is 17.0. The normalized spacial score (nSPS) is 37.0. The van der Waals surface area contributed by atoms with Gasteiger partial charge in [0.15, 0.2) is 0 Å². The second kappa shape index (κ2) is 4.69. The first-order valence-corrected chi connectivity index (χ1v) is 16.3. The summed E-state index contributed by atoms with van der Waals surface area (Å²) < 4.78 is 5.40. The van der Waals surface area contributed by atoms with Crippen molar-refractivity contribution in [2.45, 2.75) is 71.9 Å². The molecule has 2 fully saturated rings. The molecule has 0 aromatic heterocycles. The Labute approximate surface area is 151 Å². The van der Waals surface area contributed by atoms with Crippen LogP contribution >= 0.6 is 29.3 Å². The van der Waals surface area contributed by atoms with E-state index < -0.39 is 13.6 Å². The number of halogens is 2. The molecule has 0 unspecified atom stereocenters. The van der Waals surface area contributed by atoms with E-state index in [1.165, 1.54) is 25.0 Å². The first-order chi connectivity index (χ1) is 10.4. The molecule has 2 atom stereocenters. The number of nitrogens with one attached hydrogen (secondary N) is 1. The minimum absolute atomic E-state index is 0.108. The van der Waals surface area contributed by atoms with Crippen molar-refractivity contribution < 1.29 is 0 Å². The molecule has 2 bridgehead atoms. The molecule has 4 rings (SSSR count). The second-order valence-corrected chi connectivity index (χ2v) is 24.9. The number of allylic oxidation sites excluding steroid dienone is 2. The summed E-state index contributed by atoms with van der Waals surface area (Å²) in [6, 6.07) is 0. The van der Waals surface area contributed by atoms with Crippen LogP contribution in [0.5, 0.6) is 0 Å². The van der Waals surface area contributed by atoms with Crippen molar-refractivity contribution in [2.24, 2.45) is 11.8 Å². The van der Waals surface area contributed by atoms with Gasteiger partial charge in [-0.3, -0.25) is 0 Å². The first-order valence-electron chi connectivity index (χ1n) is 8.90. The number of nitrogens with zero attached hydrogens (tertiary/aromatic N) is 2. The molecule has 2 heterocycles. The summed E-state index contributed by atoms with van der Waals surface area (Å²) in [5.41, 5.74) is 1.69. The van der Waals surface area contributed by atoms with Gasteiger partial charge in [-0.25, -0.2) is 0 Å². The van der Waals surface area contributed by atoms with Gasteiger partial charge < -0.3 is 0 Å². The molecule has 1 saturated heterocycles. The molecule has 132 valence electrons. The van der Waals surface area contributed by atoms with Crippen LogP contribution in [0.1, 0.15) is 60.8 Å². The summed E-state index contributed by atoms with van der Waals surface area (Å²) in [6.07, 6.45) is 3.99. The summed E-state index contributed by atoms with van der Waals surface area (Å²) in [6.45, 7) is 12.0. The Bertz CT molecular complexity index is 573. The van der Waals surface area contributed by atoms with E-state index in [4.69, 9.17) is 22.2 Å². The van der Waals surface area contributed by atoms with Crippen molar-refractivity contribution in [3.63, 3.8) is 0 Å². The molecule has 1 N–H and O–H groups in total. The van der Waals surface area contributed by atoms with Gasteiger partial charge in [0.2, 0.25) is 0 Å². The summed E-state index contributed by atoms with van der Waals surface area (Å²) in [7, 11) is -1.80. The second-order valence-electron chi connectivity index (χ2n) is 9.71. The maximum atomic E-state index is 7.23. The monoisotopic (exact) mass is 393 g/mol. The molecule has 7 heteroatoms. The quantitative estimate of drug-likeness (QED) is 0.358. The summed E-state index contributed by atoms with van der Waals surface area (Å²) in [5.74, 6) is 1.43. The molecule has 2 aliphatic heterocycles. The molecule has 1 saturated carbocycles. The van der Waals surface area contributed by atoms with Gasteiger partial charge >= 0.3 is 152 Å². The van der Waals surface area contributed by atoms with Gasteiger partial charge in [-0.05, 0) is 0 Å². The Morgan fingerprint density at radius 2 is 1.52 bits per heavy atom. The van der Waals surface area contributed by atoms with E-state index >= 15 is 0 Å². The van der Waals surface area contributed by atoms with Gasteiger partial charge in [0.25, 0.3) is 0 Å². The van der Waals surface area contributed by atoms with Crippen LogP contribution in [0.4, 0.5) is 0 Å². The molecule has 1 spiro atoms. The third-order valence-corrected chi connectivity index (χ3v) is 23.2. The van der Waals surface area contributed by atoms with Crippen LogP contribution in [0.2, 0.25) is 0 Å². The van der Waals surface area contributed by atoms with Crippen LogP contribution in [0.3, 0.4) is 0 Å². The van der Waals surface area contributed by atoms with Crippen molar-refractivity contribution in [2.75, 3.05) is 6.67 Å². The Hall–Kier alpha value is 0.687. The fourth-order valence-electron chi connectivity index (χ4n) is 5.34. The topological polar surface area (TPSA) is 18.5 Å². The van der Waals surface area contributed by atoms with Crippen molar-refractivity contribution in [1.82, 2.24) is 14.3 Å². The Balaban J connectivity index is 1.91. The molecular formula is C16H30Cl2N3PSi. The first kappa shape index (κ1) is 17.1. The van der Waals surface area contributed by atoms with Crippen LogP contribution in [-0.4, -0.2) is 33.6 Å². The van der Waals surface area contributed by atoms with Gasteiger partial charge in [0, 0.05) is 0 Å². The van der Waals surface area contributed by atoms with Gasteiger partial charge in [0.05, 0.1) is 0 Å².